The maximum absolute atomic E-state index is 11.0. The van der Waals surface area contributed by atoms with Crippen molar-refractivity contribution in [3.8, 4) is 17.4 Å². The fraction of sp³-hybridized carbons (Fsp3) is 0. The van der Waals surface area contributed by atoms with Crippen molar-refractivity contribution in [3.05, 3.63) is 199 Å². The lowest BCUT2D eigenvalue weighted by Gasteiger charge is -2.44. The highest BCUT2D eigenvalue weighted by molar-refractivity contribution is 7.03. The van der Waals surface area contributed by atoms with Gasteiger partial charge in [0.2, 0.25) is 12.4 Å². The number of aromatic nitrogens is 2. The topological polar surface area (TPSA) is 44.5 Å². The van der Waals surface area contributed by atoms with Crippen molar-refractivity contribution in [1.29, 1.82) is 5.26 Å². The van der Waals surface area contributed by atoms with E-state index < -0.39 is 0 Å². The molecule has 6 heterocycles. The molecule has 4 aliphatic rings. The summed E-state index contributed by atoms with van der Waals surface area (Å²) < 4.78 is 4.74. The number of anilines is 6. The van der Waals surface area contributed by atoms with Gasteiger partial charge >= 0.3 is 0 Å². The van der Waals surface area contributed by atoms with E-state index in [1.54, 1.807) is 0 Å². The number of rotatable bonds is 2. The van der Waals surface area contributed by atoms with Crippen LogP contribution >= 0.6 is 0 Å². The molecule has 0 amide bonds. The third kappa shape index (κ3) is 3.98. The molecule has 9 aromatic carbocycles. The van der Waals surface area contributed by atoms with E-state index in [4.69, 9.17) is 6.57 Å². The first-order valence-corrected chi connectivity index (χ1v) is 21.8. The van der Waals surface area contributed by atoms with Crippen molar-refractivity contribution in [2.75, 3.05) is 9.80 Å². The molecule has 0 saturated heterocycles. The van der Waals surface area contributed by atoms with E-state index in [0.29, 0.717) is 11.3 Å². The van der Waals surface area contributed by atoms with Crippen molar-refractivity contribution in [3.63, 3.8) is 0 Å². The predicted octanol–water partition coefficient (Wildman–Crippen LogP) is 9.53. The third-order valence-corrected chi connectivity index (χ3v) is 14.5. The Labute approximate surface area is 368 Å². The molecule has 290 valence electrons. The Morgan fingerprint density at radius 2 is 0.922 bits per heavy atom. The Morgan fingerprint density at radius 3 is 1.47 bits per heavy atom. The van der Waals surface area contributed by atoms with Crippen LogP contribution in [0.4, 0.5) is 39.8 Å². The number of para-hydroxylation sites is 6. The molecule has 0 spiro atoms. The summed E-state index contributed by atoms with van der Waals surface area (Å²) in [5.74, 6) is 0. The summed E-state index contributed by atoms with van der Waals surface area (Å²) in [6, 6.07) is 68.1. The zero-order chi connectivity index (χ0) is 41.9. The maximum atomic E-state index is 11.0. The van der Waals surface area contributed by atoms with Gasteiger partial charge in [-0.2, -0.15) is 5.26 Å². The number of hydrogen-bond acceptors (Lipinski definition) is 3. The molecule has 0 N–H and O–H groups in total. The number of benzene rings is 9. The lowest BCUT2D eigenvalue weighted by molar-refractivity contribution is 1.16. The predicted molar refractivity (Wildman–Crippen MR) is 265 cm³/mol. The van der Waals surface area contributed by atoms with E-state index in [0.717, 1.165) is 78.5 Å². The van der Waals surface area contributed by atoms with Crippen molar-refractivity contribution in [2.45, 2.75) is 0 Å². The smallest absolute Gasteiger partial charge is 0.252 e. The first-order chi connectivity index (χ1) is 31.7. The average molecular weight is 809 g/mol. The largest absolute Gasteiger partial charge is 0.320 e. The van der Waals surface area contributed by atoms with E-state index in [1.807, 2.05) is 12.1 Å². The molecule has 0 radical (unpaired) electrons. The Hall–Kier alpha value is -8.71. The molecule has 15 rings (SSSR count). The fourth-order valence-corrected chi connectivity index (χ4v) is 12.2. The maximum Gasteiger partial charge on any atom is 0.252 e. The van der Waals surface area contributed by atoms with Crippen LogP contribution in [0, 0.1) is 17.9 Å². The second-order valence-corrected chi connectivity index (χ2v) is 17.4. The van der Waals surface area contributed by atoms with Crippen molar-refractivity contribution in [1.82, 2.24) is 9.13 Å². The summed E-state index contributed by atoms with van der Waals surface area (Å²) in [6.45, 7) is 8.27. The molecule has 4 aliphatic heterocycles. The van der Waals surface area contributed by atoms with Crippen LogP contribution in [0.25, 0.3) is 59.8 Å². The van der Waals surface area contributed by atoms with Gasteiger partial charge in [-0.25, -0.2) is 4.85 Å². The SMILES string of the molecule is [C-]#[N+]c1ccc2c3c1-n1c4ccccc4c4cccc(c41)B3c1cc3c(cc1N2c1ccccc1)N(c1ccccc1)c1ccc(C#N)c2c1B3c1cccc3c4ccccc4n-2c13. The summed E-state index contributed by atoms with van der Waals surface area (Å²) in [4.78, 5) is 9.11. The highest BCUT2D eigenvalue weighted by atomic mass is 15.2. The van der Waals surface area contributed by atoms with Gasteiger partial charge in [0.1, 0.15) is 6.07 Å². The van der Waals surface area contributed by atoms with Crippen molar-refractivity contribution < 1.29 is 0 Å². The van der Waals surface area contributed by atoms with Gasteiger partial charge in [-0.15, -0.1) is 0 Å². The second-order valence-electron chi connectivity index (χ2n) is 17.4. The summed E-state index contributed by atoms with van der Waals surface area (Å²) in [6.07, 6.45) is 0. The van der Waals surface area contributed by atoms with Crippen LogP contribution in [-0.4, -0.2) is 22.6 Å². The lowest BCUT2D eigenvalue weighted by Crippen LogP contribution is -2.64. The summed E-state index contributed by atoms with van der Waals surface area (Å²) >= 11 is 0. The van der Waals surface area contributed by atoms with Gasteiger partial charge in [0.05, 0.1) is 28.9 Å². The lowest BCUT2D eigenvalue weighted by atomic mass is 9.30. The number of nitrogens with zero attached hydrogens (tertiary/aromatic N) is 6. The normalized spacial score (nSPS) is 13.5. The Balaban J connectivity index is 1.13. The van der Waals surface area contributed by atoms with E-state index in [-0.39, 0.29) is 13.4 Å². The van der Waals surface area contributed by atoms with Gasteiger partial charge in [-0.1, -0.05) is 121 Å². The second kappa shape index (κ2) is 12.0. The molecular formula is C56H30B2N6. The number of hydrogen-bond donors (Lipinski definition) is 0. The van der Waals surface area contributed by atoms with E-state index >= 15 is 0 Å². The van der Waals surface area contributed by atoms with Crippen LogP contribution in [0.15, 0.2) is 182 Å². The van der Waals surface area contributed by atoms with E-state index in [2.05, 4.69) is 200 Å². The van der Waals surface area contributed by atoms with Crippen LogP contribution < -0.4 is 42.6 Å². The van der Waals surface area contributed by atoms with E-state index in [9.17, 15) is 5.26 Å². The molecule has 0 saturated carbocycles. The average Bonchev–Trinajstić information content (AvgIpc) is 3.88. The molecule has 0 bridgehead atoms. The minimum Gasteiger partial charge on any atom is -0.320 e. The van der Waals surface area contributed by atoms with Gasteiger partial charge in [0.15, 0.2) is 0 Å². The van der Waals surface area contributed by atoms with Gasteiger partial charge in [0, 0.05) is 72.4 Å². The monoisotopic (exact) mass is 808 g/mol. The van der Waals surface area contributed by atoms with Crippen molar-refractivity contribution >= 4 is 130 Å². The molecular weight excluding hydrogens is 778 g/mol. The fourth-order valence-electron chi connectivity index (χ4n) is 12.2. The zero-order valence-corrected chi connectivity index (χ0v) is 34.2. The number of fused-ring (bicyclic) bond motifs is 14. The minimum absolute atomic E-state index is 0.171. The highest BCUT2D eigenvalue weighted by Crippen LogP contribution is 2.47. The molecule has 11 aromatic rings. The quantitative estimate of drug-likeness (QED) is 0.129. The van der Waals surface area contributed by atoms with Crippen LogP contribution in [0.2, 0.25) is 0 Å². The molecule has 0 aliphatic carbocycles. The third-order valence-electron chi connectivity index (χ3n) is 14.5. The van der Waals surface area contributed by atoms with Crippen molar-refractivity contribution in [2.24, 2.45) is 0 Å². The van der Waals surface area contributed by atoms with Gasteiger partial charge in [0.25, 0.3) is 6.71 Å². The van der Waals surface area contributed by atoms with Gasteiger partial charge in [-0.3, -0.25) is 0 Å². The summed E-state index contributed by atoms with van der Waals surface area (Å²) in [5.41, 5.74) is 21.3. The molecule has 64 heavy (non-hydrogen) atoms. The van der Waals surface area contributed by atoms with Crippen LogP contribution in [0.3, 0.4) is 0 Å². The molecule has 2 aromatic heterocycles. The first-order valence-electron chi connectivity index (χ1n) is 21.8. The summed E-state index contributed by atoms with van der Waals surface area (Å²) in [5, 5.41) is 15.7. The molecule has 6 nitrogen and oxygen atoms in total. The zero-order valence-electron chi connectivity index (χ0n) is 34.2. The Morgan fingerprint density at radius 1 is 0.438 bits per heavy atom. The first kappa shape index (κ1) is 33.9. The standard InChI is InChI=1S/C56H30B2N6/c1-60-44-27-29-48-52-56(44)64-46-25-11-9-19-37(46)39-21-13-23-41(55(39)64)58(52)43-30-42-49(31-50(43)62(48)35-16-6-3-7-17-35)61(34-14-4-2-5-15-34)47-28-26-33(32-59)53-51(47)57(42)40-22-12-20-38-36-18-8-10-24-45(36)63(53)54(38)40/h2-31H. The molecule has 0 fully saturated rings. The Kier molecular flexibility index (Phi) is 6.37. The highest BCUT2D eigenvalue weighted by Gasteiger charge is 2.47. The molecule has 8 heteroatoms. The molecule has 0 unspecified atom stereocenters. The van der Waals surface area contributed by atoms with E-state index in [1.165, 1.54) is 43.4 Å². The van der Waals surface area contributed by atoms with Crippen LogP contribution in [0.5, 0.6) is 0 Å². The van der Waals surface area contributed by atoms with Crippen LogP contribution in [-0.2, 0) is 0 Å². The Bertz CT molecular complexity index is 3770. The van der Waals surface area contributed by atoms with Gasteiger partial charge < -0.3 is 18.9 Å². The summed E-state index contributed by atoms with van der Waals surface area (Å²) in [7, 11) is 0. The van der Waals surface area contributed by atoms with Gasteiger partial charge in [-0.05, 0) is 93.4 Å². The van der Waals surface area contributed by atoms with Crippen LogP contribution in [0.1, 0.15) is 5.56 Å². The molecule has 0 atom stereocenters. The number of nitriles is 1. The minimum atomic E-state index is -0.175.